The third-order valence-corrected chi connectivity index (χ3v) is 5.30. The van der Waals surface area contributed by atoms with Gasteiger partial charge >= 0.3 is 0 Å². The summed E-state index contributed by atoms with van der Waals surface area (Å²) in [5.41, 5.74) is 0.508. The first-order chi connectivity index (χ1) is 10.6. The Bertz CT molecular complexity index is 532. The highest BCUT2D eigenvalue weighted by molar-refractivity contribution is 5.93. The number of likely N-dealkylation sites (tertiary alicyclic amines) is 1. The standard InChI is InChI=1S/C16H25N3O3/c1-3-19-11-12(10-17-19)15(21)18-7-5-16(6-8-18)13(20)9-14(16)22-4-2/h10-11,13-14,20H,3-9H2,1-2H3/t13-,14+/m1/s1. The molecule has 1 aliphatic carbocycles. The molecule has 0 radical (unpaired) electrons. The minimum Gasteiger partial charge on any atom is -0.392 e. The average Bonchev–Trinajstić information content (AvgIpc) is 3.03. The molecule has 1 aromatic heterocycles. The van der Waals surface area contributed by atoms with Crippen LogP contribution in [-0.4, -0.2) is 57.6 Å². The third-order valence-electron chi connectivity index (χ3n) is 5.30. The lowest BCUT2D eigenvalue weighted by atomic mass is 9.58. The SMILES string of the molecule is CCO[C@H]1C[C@@H](O)C12CCN(C(=O)c1cnn(CC)c1)CC2. The molecule has 2 aliphatic rings. The van der Waals surface area contributed by atoms with Crippen LogP contribution in [-0.2, 0) is 11.3 Å². The fourth-order valence-corrected chi connectivity index (χ4v) is 3.77. The molecule has 1 amide bonds. The molecule has 0 bridgehead atoms. The number of aromatic nitrogens is 2. The molecule has 1 saturated carbocycles. The van der Waals surface area contributed by atoms with Gasteiger partial charge in [0.2, 0.25) is 0 Å². The molecule has 1 N–H and O–H groups in total. The van der Waals surface area contributed by atoms with Gasteiger partial charge in [0, 0.05) is 44.3 Å². The lowest BCUT2D eigenvalue weighted by Crippen LogP contribution is -2.62. The predicted octanol–water partition coefficient (Wildman–Crippen LogP) is 1.30. The lowest BCUT2D eigenvalue weighted by molar-refractivity contribution is -0.207. The summed E-state index contributed by atoms with van der Waals surface area (Å²) in [6, 6.07) is 0. The van der Waals surface area contributed by atoms with E-state index in [0.29, 0.717) is 25.3 Å². The number of rotatable bonds is 4. The predicted molar refractivity (Wildman–Crippen MR) is 81.5 cm³/mol. The molecule has 1 saturated heterocycles. The molecule has 3 rings (SSSR count). The van der Waals surface area contributed by atoms with Crippen LogP contribution >= 0.6 is 0 Å². The molecule has 2 heterocycles. The van der Waals surface area contributed by atoms with E-state index in [-0.39, 0.29) is 23.5 Å². The zero-order valence-electron chi connectivity index (χ0n) is 13.4. The Morgan fingerprint density at radius 3 is 2.73 bits per heavy atom. The molecule has 1 aromatic rings. The van der Waals surface area contributed by atoms with Crippen LogP contribution in [0.15, 0.2) is 12.4 Å². The molecule has 122 valence electrons. The van der Waals surface area contributed by atoms with Crippen LogP contribution in [0.1, 0.15) is 43.5 Å². The first-order valence-electron chi connectivity index (χ1n) is 8.22. The Balaban J connectivity index is 1.62. The number of aliphatic hydroxyl groups is 1. The zero-order valence-corrected chi connectivity index (χ0v) is 13.4. The Kier molecular flexibility index (Phi) is 4.23. The number of nitrogens with zero attached hydrogens (tertiary/aromatic N) is 3. The number of hydrogen-bond donors (Lipinski definition) is 1. The molecule has 6 nitrogen and oxygen atoms in total. The van der Waals surface area contributed by atoms with Gasteiger partial charge in [0.05, 0.1) is 24.0 Å². The van der Waals surface area contributed by atoms with Crippen molar-refractivity contribution in [3.8, 4) is 0 Å². The van der Waals surface area contributed by atoms with Crippen molar-refractivity contribution in [1.29, 1.82) is 0 Å². The number of carbonyl (C=O) groups excluding carboxylic acids is 1. The van der Waals surface area contributed by atoms with Crippen LogP contribution in [0.25, 0.3) is 0 Å². The van der Waals surface area contributed by atoms with Gasteiger partial charge in [-0.15, -0.1) is 0 Å². The Hall–Kier alpha value is -1.40. The Morgan fingerprint density at radius 2 is 2.18 bits per heavy atom. The van der Waals surface area contributed by atoms with Crippen LogP contribution in [0.2, 0.25) is 0 Å². The largest absolute Gasteiger partial charge is 0.392 e. The van der Waals surface area contributed by atoms with Crippen LogP contribution in [0, 0.1) is 5.41 Å². The van der Waals surface area contributed by atoms with Crippen LogP contribution < -0.4 is 0 Å². The molecule has 2 fully saturated rings. The second kappa shape index (κ2) is 6.01. The summed E-state index contributed by atoms with van der Waals surface area (Å²) in [5, 5.41) is 14.4. The summed E-state index contributed by atoms with van der Waals surface area (Å²) in [6.07, 6.45) is 5.65. The smallest absolute Gasteiger partial charge is 0.257 e. The maximum Gasteiger partial charge on any atom is 0.257 e. The molecular weight excluding hydrogens is 282 g/mol. The highest BCUT2D eigenvalue weighted by Gasteiger charge is 2.56. The van der Waals surface area contributed by atoms with Gasteiger partial charge in [-0.05, 0) is 26.7 Å². The summed E-state index contributed by atoms with van der Waals surface area (Å²) >= 11 is 0. The van der Waals surface area contributed by atoms with Gasteiger partial charge < -0.3 is 14.7 Å². The summed E-state index contributed by atoms with van der Waals surface area (Å²) in [7, 11) is 0. The molecule has 1 aliphatic heterocycles. The molecular formula is C16H25N3O3. The third kappa shape index (κ3) is 2.44. The lowest BCUT2D eigenvalue weighted by Gasteiger charge is -2.56. The van der Waals surface area contributed by atoms with Crippen molar-refractivity contribution in [2.45, 2.75) is 51.9 Å². The zero-order chi connectivity index (χ0) is 15.7. The van der Waals surface area contributed by atoms with Crippen molar-refractivity contribution >= 4 is 5.91 Å². The van der Waals surface area contributed by atoms with Crippen LogP contribution in [0.4, 0.5) is 0 Å². The van der Waals surface area contributed by atoms with Gasteiger partial charge in [-0.3, -0.25) is 9.48 Å². The second-order valence-electron chi connectivity index (χ2n) is 6.31. The van der Waals surface area contributed by atoms with Crippen molar-refractivity contribution in [2.24, 2.45) is 5.41 Å². The molecule has 2 atom stereocenters. The normalized spacial score (nSPS) is 27.0. The van der Waals surface area contributed by atoms with E-state index in [0.717, 1.165) is 25.8 Å². The van der Waals surface area contributed by atoms with Gasteiger partial charge in [-0.1, -0.05) is 0 Å². The Labute approximate surface area is 131 Å². The van der Waals surface area contributed by atoms with E-state index >= 15 is 0 Å². The van der Waals surface area contributed by atoms with Crippen molar-refractivity contribution < 1.29 is 14.6 Å². The van der Waals surface area contributed by atoms with Crippen molar-refractivity contribution in [1.82, 2.24) is 14.7 Å². The number of piperidine rings is 1. The molecule has 22 heavy (non-hydrogen) atoms. The number of aryl methyl sites for hydroxylation is 1. The highest BCUT2D eigenvalue weighted by atomic mass is 16.5. The van der Waals surface area contributed by atoms with Gasteiger partial charge in [-0.2, -0.15) is 5.10 Å². The van der Waals surface area contributed by atoms with E-state index in [4.69, 9.17) is 4.74 Å². The monoisotopic (exact) mass is 307 g/mol. The molecule has 6 heteroatoms. The molecule has 0 unspecified atom stereocenters. The number of amides is 1. The van der Waals surface area contributed by atoms with E-state index in [2.05, 4.69) is 5.10 Å². The van der Waals surface area contributed by atoms with Gasteiger partial charge in [0.25, 0.3) is 5.91 Å². The van der Waals surface area contributed by atoms with Gasteiger partial charge in [0.1, 0.15) is 0 Å². The summed E-state index contributed by atoms with van der Waals surface area (Å²) in [6.45, 7) is 6.78. The van der Waals surface area contributed by atoms with E-state index in [1.807, 2.05) is 18.7 Å². The molecule has 0 aromatic carbocycles. The molecule has 1 spiro atoms. The second-order valence-corrected chi connectivity index (χ2v) is 6.31. The van der Waals surface area contributed by atoms with Crippen molar-refractivity contribution in [3.05, 3.63) is 18.0 Å². The first kappa shape index (κ1) is 15.5. The first-order valence-corrected chi connectivity index (χ1v) is 8.22. The summed E-state index contributed by atoms with van der Waals surface area (Å²) in [5.74, 6) is 0.0383. The van der Waals surface area contributed by atoms with Gasteiger partial charge in [-0.25, -0.2) is 0 Å². The van der Waals surface area contributed by atoms with Crippen molar-refractivity contribution in [2.75, 3.05) is 19.7 Å². The number of aliphatic hydroxyl groups excluding tert-OH is 1. The Morgan fingerprint density at radius 1 is 1.45 bits per heavy atom. The van der Waals surface area contributed by atoms with E-state index in [9.17, 15) is 9.90 Å². The number of ether oxygens (including phenoxy) is 1. The maximum atomic E-state index is 12.5. The number of hydrogen-bond acceptors (Lipinski definition) is 4. The summed E-state index contributed by atoms with van der Waals surface area (Å²) in [4.78, 5) is 14.4. The summed E-state index contributed by atoms with van der Waals surface area (Å²) < 4.78 is 7.53. The topological polar surface area (TPSA) is 67.6 Å². The maximum absolute atomic E-state index is 12.5. The van der Waals surface area contributed by atoms with Crippen LogP contribution in [0.3, 0.4) is 0 Å². The fourth-order valence-electron chi connectivity index (χ4n) is 3.77. The van der Waals surface area contributed by atoms with Gasteiger partial charge in [0.15, 0.2) is 0 Å². The van der Waals surface area contributed by atoms with E-state index in [1.165, 1.54) is 0 Å². The van der Waals surface area contributed by atoms with Crippen molar-refractivity contribution in [3.63, 3.8) is 0 Å². The minimum atomic E-state index is -0.288. The fraction of sp³-hybridized carbons (Fsp3) is 0.750. The highest BCUT2D eigenvalue weighted by Crippen LogP contribution is 2.51. The number of carbonyl (C=O) groups is 1. The minimum absolute atomic E-state index is 0.0383. The van der Waals surface area contributed by atoms with E-state index < -0.39 is 0 Å². The van der Waals surface area contributed by atoms with Crippen LogP contribution in [0.5, 0.6) is 0 Å². The quantitative estimate of drug-likeness (QED) is 0.910. The average molecular weight is 307 g/mol. The van der Waals surface area contributed by atoms with E-state index in [1.54, 1.807) is 17.1 Å².